The number of sulfonamides is 1. The number of carbonyl (C=O) groups excluding carboxylic acids is 2. The molecular weight excluding hydrogens is 565 g/mol. The van der Waals surface area contributed by atoms with Crippen LogP contribution in [0.15, 0.2) is 114 Å². The molecule has 0 fully saturated rings. The number of nitrogens with one attached hydrogen (secondary N) is 1. The number of amides is 2. The predicted molar refractivity (Wildman–Crippen MR) is 157 cm³/mol. The molecule has 41 heavy (non-hydrogen) atoms. The number of halogens is 2. The van der Waals surface area contributed by atoms with Crippen LogP contribution in [0.5, 0.6) is 0 Å². The summed E-state index contributed by atoms with van der Waals surface area (Å²) < 4.78 is 42.3. The molecule has 212 valence electrons. The van der Waals surface area contributed by atoms with E-state index in [0.717, 1.165) is 22.0 Å². The predicted octanol–water partition coefficient (Wildman–Crippen LogP) is 5.06. The van der Waals surface area contributed by atoms with Gasteiger partial charge in [-0.25, -0.2) is 12.8 Å². The lowest BCUT2D eigenvalue weighted by molar-refractivity contribution is -0.139. The fraction of sp³-hybridized carbons (Fsp3) is 0.161. The first-order valence-corrected chi connectivity index (χ1v) is 14.6. The van der Waals surface area contributed by atoms with Crippen molar-refractivity contribution >= 4 is 39.1 Å². The van der Waals surface area contributed by atoms with Crippen molar-refractivity contribution in [2.24, 2.45) is 0 Å². The van der Waals surface area contributed by atoms with E-state index in [9.17, 15) is 22.4 Å². The third-order valence-corrected chi connectivity index (χ3v) is 8.51. The number of hydrogen-bond acceptors (Lipinski definition) is 4. The maximum absolute atomic E-state index is 14.1. The Hall–Kier alpha value is -4.21. The van der Waals surface area contributed by atoms with Crippen LogP contribution in [-0.2, 0) is 32.6 Å². The van der Waals surface area contributed by atoms with Crippen molar-refractivity contribution in [3.05, 3.63) is 131 Å². The highest BCUT2D eigenvalue weighted by molar-refractivity contribution is 7.92. The first-order valence-electron chi connectivity index (χ1n) is 12.8. The second kappa shape index (κ2) is 13.4. The molecule has 7 nitrogen and oxygen atoms in total. The van der Waals surface area contributed by atoms with Crippen LogP contribution >= 0.6 is 11.6 Å². The van der Waals surface area contributed by atoms with Crippen LogP contribution in [0.25, 0.3) is 0 Å². The van der Waals surface area contributed by atoms with E-state index in [-0.39, 0.29) is 23.5 Å². The van der Waals surface area contributed by atoms with Gasteiger partial charge in [0.1, 0.15) is 18.4 Å². The number of carbonyl (C=O) groups is 2. The van der Waals surface area contributed by atoms with Crippen molar-refractivity contribution in [3.63, 3.8) is 0 Å². The molecule has 0 unspecified atom stereocenters. The van der Waals surface area contributed by atoms with Gasteiger partial charge in [-0.2, -0.15) is 0 Å². The molecule has 0 aliphatic rings. The van der Waals surface area contributed by atoms with Crippen molar-refractivity contribution in [1.82, 2.24) is 10.2 Å². The van der Waals surface area contributed by atoms with Gasteiger partial charge in [-0.05, 0) is 59.7 Å². The van der Waals surface area contributed by atoms with Crippen molar-refractivity contribution in [2.75, 3.05) is 17.9 Å². The van der Waals surface area contributed by atoms with Crippen molar-refractivity contribution < 1.29 is 22.4 Å². The third-order valence-electron chi connectivity index (χ3n) is 6.48. The Morgan fingerprint density at radius 1 is 0.854 bits per heavy atom. The van der Waals surface area contributed by atoms with E-state index >= 15 is 0 Å². The zero-order chi connectivity index (χ0) is 29.4. The van der Waals surface area contributed by atoms with E-state index in [1.807, 2.05) is 30.3 Å². The quantitative estimate of drug-likeness (QED) is 0.263. The largest absolute Gasteiger partial charge is 0.357 e. The normalized spacial score (nSPS) is 11.9. The molecule has 0 saturated heterocycles. The second-order valence-electron chi connectivity index (χ2n) is 9.27. The number of hydrogen-bond donors (Lipinski definition) is 1. The molecule has 4 aromatic carbocycles. The standard InChI is InChI=1S/C31H29ClFN3O4S/c1-34-31(38)29(20-23-9-4-2-5-10-23)35(21-24-11-8-12-25(32)19-24)30(37)22-36(27-17-15-26(33)16-18-27)41(39,40)28-13-6-3-7-14-28/h2-19,29H,20-22H2,1H3,(H,34,38)/t29-/m0/s1. The monoisotopic (exact) mass is 593 g/mol. The number of anilines is 1. The molecule has 0 aliphatic carbocycles. The molecule has 1 N–H and O–H groups in total. The van der Waals surface area contributed by atoms with Crippen LogP contribution < -0.4 is 9.62 Å². The molecule has 0 spiro atoms. The summed E-state index contributed by atoms with van der Waals surface area (Å²) in [5.41, 5.74) is 1.58. The highest BCUT2D eigenvalue weighted by Crippen LogP contribution is 2.25. The van der Waals surface area contributed by atoms with E-state index in [2.05, 4.69) is 5.32 Å². The van der Waals surface area contributed by atoms with Crippen molar-refractivity contribution in [2.45, 2.75) is 23.9 Å². The van der Waals surface area contributed by atoms with Gasteiger partial charge in [0.2, 0.25) is 11.8 Å². The summed E-state index contributed by atoms with van der Waals surface area (Å²) in [5, 5.41) is 3.09. The Morgan fingerprint density at radius 3 is 2.07 bits per heavy atom. The topological polar surface area (TPSA) is 86.8 Å². The lowest BCUT2D eigenvalue weighted by atomic mass is 10.0. The Bertz CT molecular complexity index is 1590. The summed E-state index contributed by atoms with van der Waals surface area (Å²) in [5.74, 6) is -1.59. The van der Waals surface area contributed by atoms with Crippen LogP contribution in [0.2, 0.25) is 5.02 Å². The van der Waals surface area contributed by atoms with Crippen molar-refractivity contribution in [3.8, 4) is 0 Å². The molecule has 4 aromatic rings. The van der Waals surface area contributed by atoms with Crippen LogP contribution in [0.3, 0.4) is 0 Å². The average molecular weight is 594 g/mol. The van der Waals surface area contributed by atoms with E-state index in [4.69, 9.17) is 11.6 Å². The maximum Gasteiger partial charge on any atom is 0.264 e. The third kappa shape index (κ3) is 7.50. The highest BCUT2D eigenvalue weighted by Gasteiger charge is 2.34. The summed E-state index contributed by atoms with van der Waals surface area (Å²) in [4.78, 5) is 28.7. The molecule has 2 amide bonds. The first kappa shape index (κ1) is 29.8. The Kier molecular flexibility index (Phi) is 9.75. The van der Waals surface area contributed by atoms with Gasteiger partial charge < -0.3 is 10.2 Å². The van der Waals surface area contributed by atoms with Crippen LogP contribution in [-0.4, -0.2) is 44.8 Å². The molecule has 0 bridgehead atoms. The summed E-state index contributed by atoms with van der Waals surface area (Å²) in [6.07, 6.45) is 0.189. The molecule has 0 aromatic heterocycles. The van der Waals surface area contributed by atoms with E-state index in [1.165, 1.54) is 36.2 Å². The van der Waals surface area contributed by atoms with Gasteiger partial charge in [0, 0.05) is 25.0 Å². The van der Waals surface area contributed by atoms with E-state index in [0.29, 0.717) is 10.6 Å². The van der Waals surface area contributed by atoms with Gasteiger partial charge in [-0.1, -0.05) is 72.3 Å². The van der Waals surface area contributed by atoms with Gasteiger partial charge in [0.25, 0.3) is 10.0 Å². The zero-order valence-electron chi connectivity index (χ0n) is 22.3. The molecule has 4 rings (SSSR count). The fourth-order valence-corrected chi connectivity index (χ4v) is 6.06. The van der Waals surface area contributed by atoms with E-state index < -0.39 is 40.2 Å². The molecule has 0 aliphatic heterocycles. The summed E-state index contributed by atoms with van der Waals surface area (Å²) >= 11 is 6.21. The summed E-state index contributed by atoms with van der Waals surface area (Å²) in [6, 6.07) is 27.6. The maximum atomic E-state index is 14.1. The van der Waals surface area contributed by atoms with E-state index in [1.54, 1.807) is 42.5 Å². The van der Waals surface area contributed by atoms with Crippen molar-refractivity contribution in [1.29, 1.82) is 0 Å². The number of nitrogens with zero attached hydrogens (tertiary/aromatic N) is 2. The Morgan fingerprint density at radius 2 is 1.46 bits per heavy atom. The minimum atomic E-state index is -4.24. The summed E-state index contributed by atoms with van der Waals surface area (Å²) in [7, 11) is -2.76. The Balaban J connectivity index is 1.78. The minimum absolute atomic E-state index is 0.00699. The number of rotatable bonds is 11. The lowest BCUT2D eigenvalue weighted by Gasteiger charge is -2.33. The molecular formula is C31H29ClFN3O4S. The molecule has 10 heteroatoms. The fourth-order valence-electron chi connectivity index (χ4n) is 4.41. The molecule has 0 radical (unpaired) electrons. The first-order chi connectivity index (χ1) is 19.7. The molecule has 1 atom stereocenters. The SMILES string of the molecule is CNC(=O)[C@H](Cc1ccccc1)N(Cc1cccc(Cl)c1)C(=O)CN(c1ccc(F)cc1)S(=O)(=O)c1ccccc1. The average Bonchev–Trinajstić information content (AvgIpc) is 2.98. The van der Waals surface area contributed by atoms with Gasteiger partial charge in [-0.15, -0.1) is 0 Å². The summed E-state index contributed by atoms with van der Waals surface area (Å²) in [6.45, 7) is -0.640. The number of likely N-dealkylation sites (N-methyl/N-ethyl adjacent to an activating group) is 1. The highest BCUT2D eigenvalue weighted by atomic mass is 35.5. The molecule has 0 saturated carbocycles. The number of benzene rings is 4. The van der Waals surface area contributed by atoms with Gasteiger partial charge in [0.15, 0.2) is 0 Å². The van der Waals surface area contributed by atoms with Crippen LogP contribution in [0, 0.1) is 5.82 Å². The van der Waals surface area contributed by atoms with Gasteiger partial charge in [0.05, 0.1) is 10.6 Å². The van der Waals surface area contributed by atoms with Crippen LogP contribution in [0.1, 0.15) is 11.1 Å². The van der Waals surface area contributed by atoms with Gasteiger partial charge in [-0.3, -0.25) is 13.9 Å². The van der Waals surface area contributed by atoms with Crippen LogP contribution in [0.4, 0.5) is 10.1 Å². The Labute approximate surface area is 244 Å². The zero-order valence-corrected chi connectivity index (χ0v) is 23.9. The smallest absolute Gasteiger partial charge is 0.264 e. The lowest BCUT2D eigenvalue weighted by Crippen LogP contribution is -2.53. The second-order valence-corrected chi connectivity index (χ2v) is 11.6. The molecule has 0 heterocycles. The minimum Gasteiger partial charge on any atom is -0.357 e. The van der Waals surface area contributed by atoms with Gasteiger partial charge >= 0.3 is 0 Å².